The number of aryl methyl sites for hydroxylation is 2. The van der Waals surface area contributed by atoms with Gasteiger partial charge in [-0.3, -0.25) is 19.3 Å². The van der Waals surface area contributed by atoms with Gasteiger partial charge in [0.25, 0.3) is 5.91 Å². The maximum absolute atomic E-state index is 12.3. The molecule has 2 aromatic rings. The summed E-state index contributed by atoms with van der Waals surface area (Å²) in [5.41, 5.74) is 4.40. The monoisotopic (exact) mass is 336 g/mol. The number of likely N-dealkylation sites (tertiary alicyclic amines) is 1. The van der Waals surface area contributed by atoms with Crippen molar-refractivity contribution in [3.8, 4) is 0 Å². The minimum absolute atomic E-state index is 0.137. The van der Waals surface area contributed by atoms with E-state index in [1.165, 1.54) is 10.5 Å². The Kier molecular flexibility index (Phi) is 4.65. The minimum Gasteiger partial charge on any atom is -0.322 e. The number of carbonyl (C=O) groups excluding carboxylic acids is 3. The van der Waals surface area contributed by atoms with Gasteiger partial charge in [0.2, 0.25) is 11.8 Å². The van der Waals surface area contributed by atoms with Gasteiger partial charge in [0.15, 0.2) is 0 Å². The molecule has 0 aromatic heterocycles. The van der Waals surface area contributed by atoms with Gasteiger partial charge < -0.3 is 5.32 Å². The zero-order valence-electron chi connectivity index (χ0n) is 14.3. The lowest BCUT2D eigenvalue weighted by Crippen LogP contribution is -2.28. The van der Waals surface area contributed by atoms with Crippen molar-refractivity contribution < 1.29 is 14.4 Å². The number of nitrogens with zero attached hydrogens (tertiary/aromatic N) is 1. The second kappa shape index (κ2) is 6.89. The molecule has 0 radical (unpaired) electrons. The first-order chi connectivity index (χ1) is 11.9. The van der Waals surface area contributed by atoms with Crippen molar-refractivity contribution in [2.45, 2.75) is 33.2 Å². The third kappa shape index (κ3) is 3.76. The molecule has 5 heteroatoms. The maximum Gasteiger partial charge on any atom is 0.255 e. The Hall–Kier alpha value is -2.95. The van der Waals surface area contributed by atoms with Gasteiger partial charge in [-0.2, -0.15) is 0 Å². The van der Waals surface area contributed by atoms with E-state index in [1.54, 1.807) is 24.3 Å². The lowest BCUT2D eigenvalue weighted by atomic mass is 10.1. The lowest BCUT2D eigenvalue weighted by Gasteiger charge is -2.14. The first-order valence-electron chi connectivity index (χ1n) is 8.25. The molecule has 1 N–H and O–H groups in total. The Labute approximate surface area is 146 Å². The summed E-state index contributed by atoms with van der Waals surface area (Å²) in [6.45, 7) is 4.28. The molecule has 0 spiro atoms. The fraction of sp³-hybridized carbons (Fsp3) is 0.250. The van der Waals surface area contributed by atoms with Crippen LogP contribution >= 0.6 is 0 Å². The van der Waals surface area contributed by atoms with Crippen molar-refractivity contribution >= 4 is 23.4 Å². The molecular weight excluding hydrogens is 316 g/mol. The number of imide groups is 1. The Morgan fingerprint density at radius 1 is 0.960 bits per heavy atom. The van der Waals surface area contributed by atoms with E-state index in [-0.39, 0.29) is 37.1 Å². The predicted octanol–water partition coefficient (Wildman–Crippen LogP) is 3.20. The van der Waals surface area contributed by atoms with Crippen molar-refractivity contribution in [3.05, 3.63) is 64.7 Å². The molecule has 1 heterocycles. The van der Waals surface area contributed by atoms with Gasteiger partial charge >= 0.3 is 0 Å². The molecule has 5 nitrogen and oxygen atoms in total. The lowest BCUT2D eigenvalue weighted by molar-refractivity contribution is -0.139. The quantitative estimate of drug-likeness (QED) is 0.872. The van der Waals surface area contributed by atoms with E-state index in [2.05, 4.69) is 5.32 Å². The highest BCUT2D eigenvalue weighted by atomic mass is 16.2. The van der Waals surface area contributed by atoms with E-state index in [0.717, 1.165) is 16.8 Å². The molecule has 1 aliphatic heterocycles. The van der Waals surface area contributed by atoms with Crippen LogP contribution in [-0.4, -0.2) is 22.6 Å². The van der Waals surface area contributed by atoms with Crippen LogP contribution in [0.5, 0.6) is 0 Å². The molecule has 0 atom stereocenters. The molecule has 0 aliphatic carbocycles. The van der Waals surface area contributed by atoms with Gasteiger partial charge in [-0.05, 0) is 54.8 Å². The summed E-state index contributed by atoms with van der Waals surface area (Å²) in [5.74, 6) is -0.466. The van der Waals surface area contributed by atoms with Crippen LogP contribution < -0.4 is 5.32 Å². The fourth-order valence-electron chi connectivity index (χ4n) is 2.77. The molecule has 0 saturated carbocycles. The van der Waals surface area contributed by atoms with Crippen LogP contribution in [-0.2, 0) is 16.1 Å². The first-order valence-corrected chi connectivity index (χ1v) is 8.25. The van der Waals surface area contributed by atoms with Crippen LogP contribution in [0.2, 0.25) is 0 Å². The number of rotatable bonds is 4. The average molecular weight is 336 g/mol. The van der Waals surface area contributed by atoms with Crippen molar-refractivity contribution in [2.75, 3.05) is 5.32 Å². The van der Waals surface area contributed by atoms with Crippen molar-refractivity contribution in [1.29, 1.82) is 0 Å². The van der Waals surface area contributed by atoms with Gasteiger partial charge in [-0.15, -0.1) is 0 Å². The molecule has 2 aromatic carbocycles. The van der Waals surface area contributed by atoms with Crippen LogP contribution in [0.3, 0.4) is 0 Å². The largest absolute Gasteiger partial charge is 0.322 e. The van der Waals surface area contributed by atoms with E-state index in [4.69, 9.17) is 0 Å². The normalized spacial score (nSPS) is 14.1. The van der Waals surface area contributed by atoms with Crippen molar-refractivity contribution in [2.24, 2.45) is 0 Å². The smallest absolute Gasteiger partial charge is 0.255 e. The number of hydrogen-bond acceptors (Lipinski definition) is 3. The number of benzene rings is 2. The minimum atomic E-state index is -0.192. The van der Waals surface area contributed by atoms with Crippen LogP contribution in [0.25, 0.3) is 0 Å². The zero-order valence-corrected chi connectivity index (χ0v) is 14.3. The first kappa shape index (κ1) is 16.9. The van der Waals surface area contributed by atoms with Crippen LogP contribution in [0.4, 0.5) is 5.69 Å². The molecule has 3 amide bonds. The second-order valence-electron chi connectivity index (χ2n) is 6.32. The van der Waals surface area contributed by atoms with Crippen molar-refractivity contribution in [3.63, 3.8) is 0 Å². The summed E-state index contributed by atoms with van der Waals surface area (Å²) in [5, 5.41) is 2.88. The third-order valence-electron chi connectivity index (χ3n) is 4.48. The van der Waals surface area contributed by atoms with Crippen LogP contribution in [0, 0.1) is 13.8 Å². The van der Waals surface area contributed by atoms with E-state index in [1.807, 2.05) is 32.0 Å². The molecule has 1 saturated heterocycles. The summed E-state index contributed by atoms with van der Waals surface area (Å²) in [6, 6.07) is 12.7. The van der Waals surface area contributed by atoms with Gasteiger partial charge in [-0.1, -0.05) is 18.2 Å². The SMILES string of the molecule is Cc1ccc(NC(=O)c2ccc(CN3C(=O)CCC3=O)cc2)cc1C. The van der Waals surface area contributed by atoms with Gasteiger partial charge in [0.05, 0.1) is 6.54 Å². The topological polar surface area (TPSA) is 66.5 Å². The summed E-state index contributed by atoms with van der Waals surface area (Å²) >= 11 is 0. The number of carbonyl (C=O) groups is 3. The number of nitrogens with one attached hydrogen (secondary N) is 1. The maximum atomic E-state index is 12.3. The molecule has 3 rings (SSSR count). The number of hydrogen-bond donors (Lipinski definition) is 1. The average Bonchev–Trinajstić information content (AvgIpc) is 2.91. The molecule has 1 fully saturated rings. The highest BCUT2D eigenvalue weighted by molar-refractivity contribution is 6.04. The molecule has 1 aliphatic rings. The summed E-state index contributed by atoms with van der Waals surface area (Å²) in [6.07, 6.45) is 0.574. The molecule has 0 bridgehead atoms. The van der Waals surface area contributed by atoms with Crippen molar-refractivity contribution in [1.82, 2.24) is 4.90 Å². The summed E-state index contributed by atoms with van der Waals surface area (Å²) < 4.78 is 0. The van der Waals surface area contributed by atoms with Crippen LogP contribution in [0.15, 0.2) is 42.5 Å². The molecular formula is C20H20N2O3. The number of anilines is 1. The molecule has 128 valence electrons. The van der Waals surface area contributed by atoms with E-state index in [0.29, 0.717) is 5.56 Å². The van der Waals surface area contributed by atoms with Gasteiger partial charge in [0.1, 0.15) is 0 Å². The highest BCUT2D eigenvalue weighted by Gasteiger charge is 2.28. The van der Waals surface area contributed by atoms with Gasteiger partial charge in [0, 0.05) is 24.1 Å². The highest BCUT2D eigenvalue weighted by Crippen LogP contribution is 2.18. The van der Waals surface area contributed by atoms with Gasteiger partial charge in [-0.25, -0.2) is 0 Å². The Bertz CT molecular complexity index is 825. The predicted molar refractivity (Wildman–Crippen MR) is 95.1 cm³/mol. The third-order valence-corrected chi connectivity index (χ3v) is 4.48. The number of amides is 3. The Balaban J connectivity index is 1.67. The fourth-order valence-corrected chi connectivity index (χ4v) is 2.77. The standard InChI is InChI=1S/C20H20N2O3/c1-13-3-8-17(11-14(13)2)21-20(25)16-6-4-15(5-7-16)12-22-18(23)9-10-19(22)24/h3-8,11H,9-10,12H2,1-2H3,(H,21,25). The Morgan fingerprint density at radius 2 is 1.60 bits per heavy atom. The zero-order chi connectivity index (χ0) is 18.0. The summed E-state index contributed by atoms with van der Waals surface area (Å²) in [4.78, 5) is 36.9. The van der Waals surface area contributed by atoms with E-state index < -0.39 is 0 Å². The van der Waals surface area contributed by atoms with E-state index in [9.17, 15) is 14.4 Å². The second-order valence-corrected chi connectivity index (χ2v) is 6.32. The molecule has 25 heavy (non-hydrogen) atoms. The van der Waals surface area contributed by atoms with E-state index >= 15 is 0 Å². The Morgan fingerprint density at radius 3 is 2.20 bits per heavy atom. The molecule has 0 unspecified atom stereocenters. The summed E-state index contributed by atoms with van der Waals surface area (Å²) in [7, 11) is 0. The van der Waals surface area contributed by atoms with Crippen LogP contribution in [0.1, 0.15) is 39.9 Å².